The van der Waals surface area contributed by atoms with Gasteiger partial charge in [-0.3, -0.25) is 4.90 Å². The van der Waals surface area contributed by atoms with Crippen LogP contribution in [0.5, 0.6) is 0 Å². The second-order valence-corrected chi connectivity index (χ2v) is 8.35. The third-order valence-corrected chi connectivity index (χ3v) is 6.76. The van der Waals surface area contributed by atoms with E-state index < -0.39 is 0 Å². The lowest BCUT2D eigenvalue weighted by Gasteiger charge is -2.25. The summed E-state index contributed by atoms with van der Waals surface area (Å²) in [6, 6.07) is 0. The van der Waals surface area contributed by atoms with Crippen LogP contribution < -0.4 is 0 Å². The van der Waals surface area contributed by atoms with E-state index in [-0.39, 0.29) is 0 Å². The highest BCUT2D eigenvalue weighted by Gasteiger charge is 2.09. The molecule has 0 unspecified atom stereocenters. The lowest BCUT2D eigenvalue weighted by atomic mass is 10.4. The lowest BCUT2D eigenvalue weighted by Crippen LogP contribution is -2.27. The van der Waals surface area contributed by atoms with Crippen LogP contribution >= 0.6 is 57.7 Å². The summed E-state index contributed by atoms with van der Waals surface area (Å²) in [5.74, 6) is 3.17. The van der Waals surface area contributed by atoms with Gasteiger partial charge in [0.1, 0.15) is 5.94 Å². The van der Waals surface area contributed by atoms with Crippen molar-refractivity contribution in [2.75, 3.05) is 41.0 Å². The molecule has 1 fully saturated rings. The van der Waals surface area contributed by atoms with Gasteiger partial charge < -0.3 is 4.74 Å². The molecule has 15 heavy (non-hydrogen) atoms. The number of thioether (sulfide) groups is 2. The van der Waals surface area contributed by atoms with Crippen molar-refractivity contribution >= 4 is 57.7 Å². The molecule has 1 heterocycles. The van der Waals surface area contributed by atoms with Crippen LogP contribution in [0, 0.1) is 0 Å². The maximum Gasteiger partial charge on any atom is 0.102 e. The van der Waals surface area contributed by atoms with Gasteiger partial charge in [-0.2, -0.15) is 12.6 Å². The number of thiol groups is 1. The molecule has 0 aromatic rings. The molecule has 0 aliphatic carbocycles. The fourth-order valence-corrected chi connectivity index (χ4v) is 4.88. The first-order valence-corrected chi connectivity index (χ1v) is 10.2. The molecule has 2 nitrogen and oxygen atoms in total. The van der Waals surface area contributed by atoms with Gasteiger partial charge in [0.2, 0.25) is 0 Å². The average molecular weight is 304 g/mol. The number of hydrogen-bond acceptors (Lipinski definition) is 7. The summed E-state index contributed by atoms with van der Waals surface area (Å²) in [6.45, 7) is 2.05. The van der Waals surface area contributed by atoms with Gasteiger partial charge in [0.15, 0.2) is 0 Å². The standard InChI is InChI=1S/C8H17NOS5/c11-7-15-14-6-10-3-1-2-9-4-12-8-13-5-9/h11H,1-8H2. The van der Waals surface area contributed by atoms with Crippen molar-refractivity contribution in [2.45, 2.75) is 6.42 Å². The predicted molar refractivity (Wildman–Crippen MR) is 81.0 cm³/mol. The lowest BCUT2D eigenvalue weighted by molar-refractivity contribution is 0.169. The van der Waals surface area contributed by atoms with Gasteiger partial charge in [-0.1, -0.05) is 21.6 Å². The zero-order valence-corrected chi connectivity index (χ0v) is 12.8. The van der Waals surface area contributed by atoms with Crippen LogP contribution in [-0.2, 0) is 4.74 Å². The Morgan fingerprint density at radius 1 is 1.27 bits per heavy atom. The Morgan fingerprint density at radius 3 is 2.80 bits per heavy atom. The highest BCUT2D eigenvalue weighted by molar-refractivity contribution is 8.77. The normalized spacial score (nSPS) is 18.2. The number of ether oxygens (including phenoxy) is 1. The predicted octanol–water partition coefficient (Wildman–Crippen LogP) is 3.27. The van der Waals surface area contributed by atoms with E-state index in [1.54, 1.807) is 21.6 Å². The van der Waals surface area contributed by atoms with Crippen molar-refractivity contribution in [1.82, 2.24) is 4.90 Å². The van der Waals surface area contributed by atoms with E-state index in [2.05, 4.69) is 17.5 Å². The quantitative estimate of drug-likeness (QED) is 0.317. The zero-order valence-electron chi connectivity index (χ0n) is 8.59. The minimum atomic E-state index is 0.786. The zero-order chi connectivity index (χ0) is 10.8. The Morgan fingerprint density at radius 2 is 2.07 bits per heavy atom. The highest BCUT2D eigenvalue weighted by atomic mass is 33.1. The molecule has 0 saturated carbocycles. The topological polar surface area (TPSA) is 12.5 Å². The summed E-state index contributed by atoms with van der Waals surface area (Å²) >= 11 is 8.13. The molecule has 1 aliphatic rings. The fourth-order valence-electron chi connectivity index (χ4n) is 1.11. The minimum Gasteiger partial charge on any atom is -0.370 e. The van der Waals surface area contributed by atoms with Gasteiger partial charge in [0.05, 0.1) is 0 Å². The van der Waals surface area contributed by atoms with Gasteiger partial charge in [0.25, 0.3) is 0 Å². The fraction of sp³-hybridized carbons (Fsp3) is 1.00. The van der Waals surface area contributed by atoms with E-state index >= 15 is 0 Å². The number of hydrogen-bond donors (Lipinski definition) is 1. The van der Waals surface area contributed by atoms with E-state index in [1.807, 2.05) is 23.5 Å². The monoisotopic (exact) mass is 303 g/mol. The third kappa shape index (κ3) is 8.40. The molecular formula is C8H17NOS5. The Kier molecular flexibility index (Phi) is 10.6. The molecule has 0 amide bonds. The van der Waals surface area contributed by atoms with Gasteiger partial charge in [0, 0.05) is 35.1 Å². The SMILES string of the molecule is SCSSCOCCCN1CSCSC1. The van der Waals surface area contributed by atoms with E-state index in [4.69, 9.17) is 4.74 Å². The molecule has 0 spiro atoms. The van der Waals surface area contributed by atoms with Crippen molar-refractivity contribution in [3.8, 4) is 0 Å². The second kappa shape index (κ2) is 10.8. The van der Waals surface area contributed by atoms with Crippen LogP contribution in [0.2, 0.25) is 0 Å². The maximum atomic E-state index is 5.49. The first-order valence-electron chi connectivity index (χ1n) is 4.74. The maximum absolute atomic E-state index is 5.49. The molecule has 0 aromatic carbocycles. The summed E-state index contributed by atoms with van der Waals surface area (Å²) in [5, 5.41) is 2.11. The van der Waals surface area contributed by atoms with Crippen LogP contribution in [-0.4, -0.2) is 45.9 Å². The molecule has 1 saturated heterocycles. The van der Waals surface area contributed by atoms with Gasteiger partial charge in [-0.25, -0.2) is 0 Å². The molecule has 0 atom stereocenters. The van der Waals surface area contributed by atoms with E-state index in [9.17, 15) is 0 Å². The Balaban J connectivity index is 1.79. The van der Waals surface area contributed by atoms with Gasteiger partial charge >= 0.3 is 0 Å². The smallest absolute Gasteiger partial charge is 0.102 e. The largest absolute Gasteiger partial charge is 0.370 e. The molecule has 1 rings (SSSR count). The average Bonchev–Trinajstić information content (AvgIpc) is 2.29. The van der Waals surface area contributed by atoms with Crippen molar-refractivity contribution in [3.05, 3.63) is 0 Å². The molecule has 0 radical (unpaired) electrons. The van der Waals surface area contributed by atoms with Crippen LogP contribution in [0.25, 0.3) is 0 Å². The van der Waals surface area contributed by atoms with Gasteiger partial charge in [-0.05, 0) is 6.42 Å². The van der Waals surface area contributed by atoms with Crippen molar-refractivity contribution in [2.24, 2.45) is 0 Å². The number of rotatable bonds is 8. The summed E-state index contributed by atoms with van der Waals surface area (Å²) in [6.07, 6.45) is 1.15. The van der Waals surface area contributed by atoms with Crippen LogP contribution in [0.1, 0.15) is 6.42 Å². The molecule has 0 aromatic heterocycles. The summed E-state index contributed by atoms with van der Waals surface area (Å²) in [7, 11) is 3.47. The summed E-state index contributed by atoms with van der Waals surface area (Å²) in [4.78, 5) is 2.48. The molecule has 7 heteroatoms. The van der Waals surface area contributed by atoms with Crippen molar-refractivity contribution in [1.29, 1.82) is 0 Å². The third-order valence-electron chi connectivity index (χ3n) is 1.74. The Hall–Kier alpha value is 1.67. The first kappa shape index (κ1) is 14.7. The van der Waals surface area contributed by atoms with Gasteiger partial charge in [-0.15, -0.1) is 23.5 Å². The van der Waals surface area contributed by atoms with Crippen molar-refractivity contribution in [3.63, 3.8) is 0 Å². The second-order valence-electron chi connectivity index (χ2n) is 2.92. The Labute approximate surface area is 114 Å². The van der Waals surface area contributed by atoms with Crippen LogP contribution in [0.3, 0.4) is 0 Å². The summed E-state index contributed by atoms with van der Waals surface area (Å²) in [5.41, 5.74) is 0. The molecule has 1 aliphatic heterocycles. The molecular weight excluding hydrogens is 286 g/mol. The molecule has 0 N–H and O–H groups in total. The minimum absolute atomic E-state index is 0.786. The van der Waals surface area contributed by atoms with Crippen molar-refractivity contribution < 1.29 is 4.74 Å². The molecule has 90 valence electrons. The first-order chi connectivity index (χ1) is 7.43. The van der Waals surface area contributed by atoms with Crippen LogP contribution in [0.15, 0.2) is 0 Å². The van der Waals surface area contributed by atoms with Crippen LogP contribution in [0.4, 0.5) is 0 Å². The summed E-state index contributed by atoms with van der Waals surface area (Å²) < 4.78 is 5.49. The van der Waals surface area contributed by atoms with E-state index in [1.165, 1.54) is 23.4 Å². The number of nitrogens with zero attached hydrogens (tertiary/aromatic N) is 1. The molecule has 0 bridgehead atoms. The van der Waals surface area contributed by atoms with E-state index in [0.717, 1.165) is 24.1 Å². The highest BCUT2D eigenvalue weighted by Crippen LogP contribution is 2.22. The van der Waals surface area contributed by atoms with E-state index in [0.29, 0.717) is 0 Å². The Bertz CT molecular complexity index is 145.